The van der Waals surface area contributed by atoms with Gasteiger partial charge >= 0.3 is 14.0 Å². The van der Waals surface area contributed by atoms with Gasteiger partial charge in [0, 0.05) is 0 Å². The Hall–Kier alpha value is -2.92. The molecular weight excluding hydrogens is 526 g/mol. The zero-order valence-corrected chi connectivity index (χ0v) is 21.2. The molecule has 0 fully saturated rings. The van der Waals surface area contributed by atoms with Gasteiger partial charge in [-0.3, -0.25) is 4.52 Å². The summed E-state index contributed by atoms with van der Waals surface area (Å²) < 4.78 is 68.0. The largest absolute Gasteiger partial charge is 0.489 e. The van der Waals surface area contributed by atoms with E-state index in [1.165, 1.54) is 12.1 Å². The summed E-state index contributed by atoms with van der Waals surface area (Å²) in [6.45, 7) is -1.14. The van der Waals surface area contributed by atoms with Gasteiger partial charge in [0.25, 0.3) is 0 Å². The molecule has 0 spiro atoms. The molecule has 0 saturated carbocycles. The van der Waals surface area contributed by atoms with Crippen LogP contribution < -0.4 is 15.2 Å². The minimum atomic E-state index is -4.83. The molecule has 0 saturated heterocycles. The van der Waals surface area contributed by atoms with Gasteiger partial charge < -0.3 is 30.1 Å². The summed E-state index contributed by atoms with van der Waals surface area (Å²) >= 11 is 0. The van der Waals surface area contributed by atoms with Gasteiger partial charge in [0.2, 0.25) is 0 Å². The molecule has 12 heteroatoms. The first-order valence-electron chi connectivity index (χ1n) is 11.6. The summed E-state index contributed by atoms with van der Waals surface area (Å²) in [5.74, 6) is 0.195. The molecule has 0 aliphatic rings. The van der Waals surface area contributed by atoms with E-state index in [9.17, 15) is 22.8 Å². The molecule has 0 amide bonds. The summed E-state index contributed by atoms with van der Waals surface area (Å²) in [6.07, 6.45) is -4.80. The van der Waals surface area contributed by atoms with Crippen molar-refractivity contribution in [3.8, 4) is 11.5 Å². The third kappa shape index (κ3) is 9.43. The molecule has 0 aromatic heterocycles. The number of nitrogens with two attached hydrogens (primary N) is 1. The smallest absolute Gasteiger partial charge is 0.469 e. The molecule has 206 valence electrons. The molecule has 1 unspecified atom stereocenters. The van der Waals surface area contributed by atoms with Crippen LogP contribution in [0.1, 0.15) is 28.7 Å². The second kappa shape index (κ2) is 12.8. The first kappa shape index (κ1) is 29.6. The van der Waals surface area contributed by atoms with Gasteiger partial charge in [0.15, 0.2) is 0 Å². The van der Waals surface area contributed by atoms with Crippen LogP contribution in [0.25, 0.3) is 0 Å². The van der Waals surface area contributed by atoms with Crippen molar-refractivity contribution < 1.29 is 46.6 Å². The van der Waals surface area contributed by atoms with E-state index < -0.39 is 38.3 Å². The molecular formula is C26H29F3NO7P. The Bertz CT molecular complexity index is 1240. The van der Waals surface area contributed by atoms with Gasteiger partial charge in [-0.25, -0.2) is 4.57 Å². The Labute approximate surface area is 218 Å². The number of aryl methyl sites for hydroxylation is 1. The number of aliphatic hydroxyl groups is 1. The molecule has 8 nitrogen and oxygen atoms in total. The molecule has 0 aliphatic carbocycles. The minimum absolute atomic E-state index is 0.00820. The molecule has 1 atom stereocenters. The van der Waals surface area contributed by atoms with Crippen LogP contribution in [-0.4, -0.2) is 33.6 Å². The van der Waals surface area contributed by atoms with E-state index in [0.717, 1.165) is 11.6 Å². The highest BCUT2D eigenvalue weighted by Crippen LogP contribution is 2.39. The highest BCUT2D eigenvalue weighted by atomic mass is 31.2. The van der Waals surface area contributed by atoms with Crippen LogP contribution in [0.4, 0.5) is 13.2 Å². The summed E-state index contributed by atoms with van der Waals surface area (Å²) in [5, 5.41) is 9.51. The number of alkyl halides is 3. The monoisotopic (exact) mass is 555 g/mol. The van der Waals surface area contributed by atoms with Crippen molar-refractivity contribution in [2.75, 3.05) is 13.2 Å². The maximum absolute atomic E-state index is 13.8. The molecule has 0 aliphatic heterocycles. The normalized spacial score (nSPS) is 13.7. The molecule has 38 heavy (non-hydrogen) atoms. The Morgan fingerprint density at radius 3 is 2.18 bits per heavy atom. The number of halogens is 3. The van der Waals surface area contributed by atoms with E-state index in [1.54, 1.807) is 24.3 Å². The van der Waals surface area contributed by atoms with Crippen molar-refractivity contribution in [1.82, 2.24) is 0 Å². The Kier molecular flexibility index (Phi) is 9.94. The Morgan fingerprint density at radius 1 is 0.842 bits per heavy atom. The van der Waals surface area contributed by atoms with Crippen molar-refractivity contribution in [3.05, 3.63) is 95.1 Å². The van der Waals surface area contributed by atoms with Gasteiger partial charge in [0.1, 0.15) is 24.7 Å². The fraction of sp³-hybridized carbons (Fsp3) is 0.308. The Morgan fingerprint density at radius 2 is 1.53 bits per heavy atom. The Balaban J connectivity index is 1.66. The van der Waals surface area contributed by atoms with Gasteiger partial charge in [-0.15, -0.1) is 0 Å². The lowest BCUT2D eigenvalue weighted by Gasteiger charge is -2.27. The third-order valence-corrected chi connectivity index (χ3v) is 6.10. The maximum Gasteiger partial charge on any atom is 0.469 e. The second-order valence-electron chi connectivity index (χ2n) is 8.82. The van der Waals surface area contributed by atoms with E-state index in [-0.39, 0.29) is 30.8 Å². The van der Waals surface area contributed by atoms with Crippen LogP contribution in [0.3, 0.4) is 0 Å². The molecule has 3 aromatic rings. The SMILES string of the molecule is NC(CO)(CCc1ccc(OCc2cccc(OCc3ccccc3)c2)c(C(F)(F)F)c1)COP(=O)(O)O. The number of phosphoric acid groups is 1. The number of aliphatic hydroxyl groups excluding tert-OH is 1. The number of rotatable bonds is 13. The first-order chi connectivity index (χ1) is 17.9. The van der Waals surface area contributed by atoms with Gasteiger partial charge in [-0.05, 0) is 53.8 Å². The lowest BCUT2D eigenvalue weighted by atomic mass is 9.93. The fourth-order valence-corrected chi connectivity index (χ4v) is 3.94. The quantitative estimate of drug-likeness (QED) is 0.225. The molecule has 0 heterocycles. The molecule has 3 aromatic carbocycles. The number of ether oxygens (including phenoxy) is 2. The van der Waals surface area contributed by atoms with Crippen LogP contribution in [0.15, 0.2) is 72.8 Å². The average molecular weight is 555 g/mol. The van der Waals surface area contributed by atoms with Gasteiger partial charge in [-0.1, -0.05) is 48.5 Å². The van der Waals surface area contributed by atoms with Crippen LogP contribution in [0.2, 0.25) is 0 Å². The predicted octanol–water partition coefficient (Wildman–Crippen LogP) is 4.60. The molecule has 0 bridgehead atoms. The summed E-state index contributed by atoms with van der Waals surface area (Å²) in [5.41, 5.74) is 5.22. The van der Waals surface area contributed by atoms with E-state index in [1.807, 2.05) is 30.3 Å². The van der Waals surface area contributed by atoms with Crippen molar-refractivity contribution in [1.29, 1.82) is 0 Å². The average Bonchev–Trinajstić information content (AvgIpc) is 2.88. The predicted molar refractivity (Wildman–Crippen MR) is 133 cm³/mol. The lowest BCUT2D eigenvalue weighted by Crippen LogP contribution is -2.48. The van der Waals surface area contributed by atoms with E-state index in [2.05, 4.69) is 4.52 Å². The first-order valence-corrected chi connectivity index (χ1v) is 13.1. The highest BCUT2D eigenvalue weighted by Gasteiger charge is 2.35. The van der Waals surface area contributed by atoms with Crippen molar-refractivity contribution in [3.63, 3.8) is 0 Å². The summed E-state index contributed by atoms with van der Waals surface area (Å²) in [7, 11) is -4.83. The topological polar surface area (TPSA) is 131 Å². The van der Waals surface area contributed by atoms with Crippen molar-refractivity contribution >= 4 is 7.82 Å². The van der Waals surface area contributed by atoms with E-state index in [4.69, 9.17) is 25.0 Å². The zero-order valence-electron chi connectivity index (χ0n) is 20.3. The fourth-order valence-electron chi connectivity index (χ4n) is 3.51. The highest BCUT2D eigenvalue weighted by molar-refractivity contribution is 7.46. The van der Waals surface area contributed by atoms with Gasteiger partial charge in [-0.2, -0.15) is 13.2 Å². The lowest BCUT2D eigenvalue weighted by molar-refractivity contribution is -0.139. The van der Waals surface area contributed by atoms with Gasteiger partial charge in [0.05, 0.1) is 24.3 Å². The number of hydrogen-bond acceptors (Lipinski definition) is 6. The van der Waals surface area contributed by atoms with E-state index >= 15 is 0 Å². The van der Waals surface area contributed by atoms with Crippen LogP contribution in [-0.2, 0) is 34.9 Å². The molecule has 5 N–H and O–H groups in total. The second-order valence-corrected chi connectivity index (χ2v) is 10.1. The van der Waals surface area contributed by atoms with Crippen LogP contribution in [0, 0.1) is 0 Å². The molecule has 3 rings (SSSR count). The summed E-state index contributed by atoms with van der Waals surface area (Å²) in [6, 6.07) is 20.0. The third-order valence-electron chi connectivity index (χ3n) is 5.64. The van der Waals surface area contributed by atoms with Crippen LogP contribution in [0.5, 0.6) is 11.5 Å². The maximum atomic E-state index is 13.8. The van der Waals surface area contributed by atoms with Crippen molar-refractivity contribution in [2.24, 2.45) is 5.73 Å². The molecule has 0 radical (unpaired) electrons. The number of hydrogen-bond donors (Lipinski definition) is 4. The summed E-state index contributed by atoms with van der Waals surface area (Å²) in [4.78, 5) is 17.7. The number of benzene rings is 3. The van der Waals surface area contributed by atoms with Crippen molar-refractivity contribution in [2.45, 2.75) is 37.8 Å². The number of phosphoric ester groups is 1. The zero-order chi connectivity index (χ0) is 27.8. The standard InChI is InChI=1S/C26H29F3NO7P/c27-26(28,29)23-14-19(11-12-25(30,17-31)18-37-38(32,33)34)9-10-24(23)36-16-21-7-4-8-22(13-21)35-15-20-5-2-1-3-6-20/h1-10,13-14,31H,11-12,15-18,30H2,(H2,32,33,34). The van der Waals surface area contributed by atoms with Crippen LogP contribution >= 0.6 is 7.82 Å². The van der Waals surface area contributed by atoms with E-state index in [0.29, 0.717) is 17.9 Å². The minimum Gasteiger partial charge on any atom is -0.489 e.